The smallest absolute Gasteiger partial charge is 0.338 e. The number of anilines is 2. The predicted octanol–water partition coefficient (Wildman–Crippen LogP) is 4.56. The maximum atomic E-state index is 13.7. The van der Waals surface area contributed by atoms with E-state index < -0.39 is 0 Å². The van der Waals surface area contributed by atoms with Crippen molar-refractivity contribution in [3.05, 3.63) is 120 Å². The van der Waals surface area contributed by atoms with Gasteiger partial charge >= 0.3 is 5.69 Å². The van der Waals surface area contributed by atoms with Crippen LogP contribution in [0.5, 0.6) is 5.75 Å². The number of rotatable bonds is 7. The van der Waals surface area contributed by atoms with E-state index in [-0.39, 0.29) is 17.5 Å². The average molecular weight is 506 g/mol. The predicted molar refractivity (Wildman–Crippen MR) is 146 cm³/mol. The minimum absolute atomic E-state index is 0.280. The third-order valence-corrected chi connectivity index (χ3v) is 5.91. The number of benzene rings is 3. The lowest BCUT2D eigenvalue weighted by molar-refractivity contribution is -0.111. The minimum atomic E-state index is -0.347. The molecule has 5 aromatic rings. The molecule has 9 heteroatoms. The van der Waals surface area contributed by atoms with Gasteiger partial charge in [-0.1, -0.05) is 18.7 Å². The second-order valence-electron chi connectivity index (χ2n) is 8.29. The summed E-state index contributed by atoms with van der Waals surface area (Å²) in [6.07, 6.45) is 4.41. The molecule has 188 valence electrons. The molecule has 2 heterocycles. The second kappa shape index (κ2) is 10.3. The third kappa shape index (κ3) is 4.68. The molecule has 5 rings (SSSR count). The molecule has 0 unspecified atom stereocenters. The van der Waals surface area contributed by atoms with Gasteiger partial charge in [-0.15, -0.1) is 0 Å². The van der Waals surface area contributed by atoms with Gasteiger partial charge in [-0.05, 0) is 72.8 Å². The van der Waals surface area contributed by atoms with Crippen LogP contribution in [0.25, 0.3) is 22.4 Å². The fraction of sp³-hybridized carbons (Fsp3) is 0.0345. The first-order chi connectivity index (χ1) is 18.5. The molecule has 0 atom stereocenters. The number of hydrogen-bond acceptors (Lipinski definition) is 5. The van der Waals surface area contributed by atoms with E-state index >= 15 is 0 Å². The summed E-state index contributed by atoms with van der Waals surface area (Å²) in [7, 11) is 1.54. The number of pyridine rings is 1. The zero-order valence-corrected chi connectivity index (χ0v) is 20.4. The fourth-order valence-corrected chi connectivity index (χ4v) is 4.12. The molecular formula is C29H23N5O4. The molecule has 0 spiro atoms. The highest BCUT2D eigenvalue weighted by molar-refractivity contribution is 6.04. The first-order valence-electron chi connectivity index (χ1n) is 11.7. The molecule has 0 aliphatic carbocycles. The number of hydrogen-bond donors (Lipinski definition) is 2. The summed E-state index contributed by atoms with van der Waals surface area (Å²) < 4.78 is 8.29. The van der Waals surface area contributed by atoms with E-state index in [4.69, 9.17) is 4.74 Å². The number of amides is 2. The van der Waals surface area contributed by atoms with Crippen LogP contribution in [0, 0.1) is 0 Å². The van der Waals surface area contributed by atoms with E-state index in [1.54, 1.807) is 108 Å². The van der Waals surface area contributed by atoms with Gasteiger partial charge in [0.2, 0.25) is 5.91 Å². The van der Waals surface area contributed by atoms with Crippen molar-refractivity contribution in [1.82, 2.24) is 14.1 Å². The number of ether oxygens (including phenoxy) is 1. The summed E-state index contributed by atoms with van der Waals surface area (Å²) in [5, 5.41) is 5.57. The Balaban J connectivity index is 1.50. The first kappa shape index (κ1) is 24.3. The summed E-state index contributed by atoms with van der Waals surface area (Å²) in [6.45, 7) is 3.47. The molecule has 0 radical (unpaired) electrons. The third-order valence-electron chi connectivity index (χ3n) is 5.91. The van der Waals surface area contributed by atoms with Gasteiger partial charge in [0.25, 0.3) is 5.91 Å². The molecule has 0 saturated heterocycles. The Morgan fingerprint density at radius 3 is 2.39 bits per heavy atom. The first-order valence-corrected chi connectivity index (χ1v) is 11.7. The van der Waals surface area contributed by atoms with Gasteiger partial charge in [-0.2, -0.15) is 0 Å². The number of fused-ring (bicyclic) bond motifs is 1. The highest BCUT2D eigenvalue weighted by Gasteiger charge is 2.17. The van der Waals surface area contributed by atoms with Crippen LogP contribution in [0.4, 0.5) is 11.4 Å². The molecule has 9 nitrogen and oxygen atoms in total. The van der Waals surface area contributed by atoms with Crippen molar-refractivity contribution in [2.24, 2.45) is 0 Å². The Kier molecular flexibility index (Phi) is 6.56. The molecular weight excluding hydrogens is 482 g/mol. The quantitative estimate of drug-likeness (QED) is 0.315. The zero-order chi connectivity index (χ0) is 26.6. The lowest BCUT2D eigenvalue weighted by atomic mass is 10.2. The van der Waals surface area contributed by atoms with Gasteiger partial charge in [0.1, 0.15) is 5.75 Å². The van der Waals surface area contributed by atoms with E-state index in [9.17, 15) is 14.4 Å². The van der Waals surface area contributed by atoms with Crippen molar-refractivity contribution in [2.45, 2.75) is 0 Å². The van der Waals surface area contributed by atoms with Crippen molar-refractivity contribution in [3.8, 4) is 17.1 Å². The SMILES string of the molecule is C=CC(=O)Nc1cccc(-n2c(=O)n(-c3ccc(NC(=O)c4cccc(OC)c4)cc3)c3cnccc32)c1. The summed E-state index contributed by atoms with van der Waals surface area (Å²) in [5.74, 6) is -0.0382. The lowest BCUT2D eigenvalue weighted by Crippen LogP contribution is -2.22. The normalized spacial score (nSPS) is 10.7. The summed E-state index contributed by atoms with van der Waals surface area (Å²) in [4.78, 5) is 42.3. The number of nitrogens with one attached hydrogen (secondary N) is 2. The van der Waals surface area contributed by atoms with E-state index in [2.05, 4.69) is 22.2 Å². The number of carbonyl (C=O) groups excluding carboxylic acids is 2. The van der Waals surface area contributed by atoms with Gasteiger partial charge in [-0.3, -0.25) is 23.7 Å². The van der Waals surface area contributed by atoms with Crippen LogP contribution >= 0.6 is 0 Å². The van der Waals surface area contributed by atoms with Crippen LogP contribution in [-0.4, -0.2) is 33.0 Å². The van der Waals surface area contributed by atoms with E-state index in [0.717, 1.165) is 0 Å². The van der Waals surface area contributed by atoms with Crippen LogP contribution in [0.2, 0.25) is 0 Å². The van der Waals surface area contributed by atoms with Crippen LogP contribution in [-0.2, 0) is 4.79 Å². The number of nitrogens with zero attached hydrogens (tertiary/aromatic N) is 3. The Morgan fingerprint density at radius 1 is 0.868 bits per heavy atom. The van der Waals surface area contributed by atoms with Gasteiger partial charge in [-0.25, -0.2) is 4.79 Å². The van der Waals surface area contributed by atoms with Crippen LogP contribution in [0.3, 0.4) is 0 Å². The highest BCUT2D eigenvalue weighted by atomic mass is 16.5. The molecule has 0 saturated carbocycles. The molecule has 38 heavy (non-hydrogen) atoms. The van der Waals surface area contributed by atoms with Crippen LogP contribution in [0.1, 0.15) is 10.4 Å². The number of imidazole rings is 1. The number of carbonyl (C=O) groups is 2. The van der Waals surface area contributed by atoms with Gasteiger partial charge in [0.15, 0.2) is 0 Å². The van der Waals surface area contributed by atoms with Crippen LogP contribution in [0.15, 0.2) is 109 Å². The summed E-state index contributed by atoms with van der Waals surface area (Å²) in [5.41, 5.74) is 3.68. The average Bonchev–Trinajstić information content (AvgIpc) is 3.25. The minimum Gasteiger partial charge on any atom is -0.497 e. The monoisotopic (exact) mass is 505 g/mol. The standard InChI is InChI=1S/C29H23N5O4/c1-3-27(35)31-21-7-5-8-23(17-21)34-25-14-15-30-18-26(25)33(29(34)37)22-12-10-20(11-13-22)32-28(36)19-6-4-9-24(16-19)38-2/h3-18H,1H2,2H3,(H,31,35)(H,32,36). The van der Waals surface area contributed by atoms with Gasteiger partial charge in [0, 0.05) is 23.1 Å². The van der Waals surface area contributed by atoms with Crippen LogP contribution < -0.4 is 21.1 Å². The number of aromatic nitrogens is 3. The summed E-state index contributed by atoms with van der Waals surface area (Å²) in [6, 6.07) is 22.6. The molecule has 2 aromatic heterocycles. The lowest BCUT2D eigenvalue weighted by Gasteiger charge is -2.09. The van der Waals surface area contributed by atoms with E-state index in [0.29, 0.717) is 45.1 Å². The number of methoxy groups -OCH3 is 1. The van der Waals surface area contributed by atoms with Gasteiger partial charge < -0.3 is 15.4 Å². The Hall–Kier alpha value is -5.44. The van der Waals surface area contributed by atoms with Crippen molar-refractivity contribution in [3.63, 3.8) is 0 Å². The molecule has 0 bridgehead atoms. The Bertz CT molecular complexity index is 1730. The van der Waals surface area contributed by atoms with Gasteiger partial charge in [0.05, 0.1) is 35.7 Å². The molecule has 0 aliphatic heterocycles. The Morgan fingerprint density at radius 2 is 1.63 bits per heavy atom. The zero-order valence-electron chi connectivity index (χ0n) is 20.4. The second-order valence-corrected chi connectivity index (χ2v) is 8.29. The van der Waals surface area contributed by atoms with Crippen molar-refractivity contribution < 1.29 is 14.3 Å². The van der Waals surface area contributed by atoms with Crippen molar-refractivity contribution in [1.29, 1.82) is 0 Å². The van der Waals surface area contributed by atoms with Crippen molar-refractivity contribution in [2.75, 3.05) is 17.7 Å². The molecule has 0 aliphatic rings. The Labute approximate surface area is 217 Å². The molecule has 2 amide bonds. The maximum Gasteiger partial charge on any atom is 0.338 e. The topological polar surface area (TPSA) is 107 Å². The maximum absolute atomic E-state index is 13.7. The van der Waals surface area contributed by atoms with E-state index in [1.807, 2.05) is 0 Å². The highest BCUT2D eigenvalue weighted by Crippen LogP contribution is 2.23. The molecule has 0 fully saturated rings. The molecule has 3 aromatic carbocycles. The fourth-order valence-electron chi connectivity index (χ4n) is 4.12. The largest absolute Gasteiger partial charge is 0.497 e. The van der Waals surface area contributed by atoms with E-state index in [1.165, 1.54) is 6.08 Å². The van der Waals surface area contributed by atoms with Crippen molar-refractivity contribution >= 4 is 34.2 Å². The summed E-state index contributed by atoms with van der Waals surface area (Å²) >= 11 is 0. The molecule has 2 N–H and O–H groups in total.